The van der Waals surface area contributed by atoms with E-state index in [0.29, 0.717) is 6.42 Å². The molecule has 1 aromatic carbocycles. The molecule has 1 heterocycles. The molecule has 18 heavy (non-hydrogen) atoms. The highest BCUT2D eigenvalue weighted by molar-refractivity contribution is 6.31. The van der Waals surface area contributed by atoms with Crippen molar-refractivity contribution >= 4 is 11.6 Å². The summed E-state index contributed by atoms with van der Waals surface area (Å²) in [6.07, 6.45) is 3.75. The predicted octanol–water partition coefficient (Wildman–Crippen LogP) is 2.77. The minimum atomic E-state index is -0.397. The first-order chi connectivity index (χ1) is 8.72. The fourth-order valence-electron chi connectivity index (χ4n) is 1.79. The Balaban J connectivity index is 2.24. The molecule has 1 N–H and O–H groups in total. The van der Waals surface area contributed by atoms with Crippen LogP contribution >= 0.6 is 11.6 Å². The van der Waals surface area contributed by atoms with Crippen molar-refractivity contribution in [1.29, 1.82) is 0 Å². The zero-order valence-corrected chi connectivity index (χ0v) is 10.7. The molecule has 0 aliphatic heterocycles. The van der Waals surface area contributed by atoms with E-state index in [0.717, 1.165) is 11.3 Å². The number of aromatic nitrogens is 2. The van der Waals surface area contributed by atoms with Crippen LogP contribution in [0.2, 0.25) is 5.02 Å². The smallest absolute Gasteiger partial charge is 0.142 e. The number of nitrogens with zero attached hydrogens (tertiary/aromatic N) is 2. The normalized spacial score (nSPS) is 12.4. The maximum Gasteiger partial charge on any atom is 0.142 e. The highest BCUT2D eigenvalue weighted by Gasteiger charge is 2.14. The van der Waals surface area contributed by atoms with Crippen LogP contribution in [-0.4, -0.2) is 17.0 Å². The van der Waals surface area contributed by atoms with Crippen molar-refractivity contribution in [3.8, 4) is 0 Å². The summed E-state index contributed by atoms with van der Waals surface area (Å²) in [5, 5.41) is 3.32. The summed E-state index contributed by atoms with van der Waals surface area (Å²) in [5.41, 5.74) is 1.61. The molecule has 5 heteroatoms. The Hall–Kier alpha value is -1.52. The third kappa shape index (κ3) is 2.83. The molecule has 0 radical (unpaired) electrons. The van der Waals surface area contributed by atoms with E-state index >= 15 is 0 Å². The SMILES string of the molecule is CNC(Cc1cccc(F)c1Cl)c1ccncn1. The molecule has 0 bridgehead atoms. The molecule has 0 amide bonds. The molecule has 2 aromatic rings. The summed E-state index contributed by atoms with van der Waals surface area (Å²) >= 11 is 5.95. The first kappa shape index (κ1) is 12.9. The molecule has 0 aliphatic rings. The fraction of sp³-hybridized carbons (Fsp3) is 0.231. The van der Waals surface area contributed by atoms with Crippen LogP contribution in [0, 0.1) is 5.82 Å². The van der Waals surface area contributed by atoms with Gasteiger partial charge in [-0.1, -0.05) is 23.7 Å². The average Bonchev–Trinajstić information content (AvgIpc) is 2.41. The average molecular weight is 266 g/mol. The molecule has 0 fully saturated rings. The van der Waals surface area contributed by atoms with E-state index in [9.17, 15) is 4.39 Å². The van der Waals surface area contributed by atoms with Crippen molar-refractivity contribution in [1.82, 2.24) is 15.3 Å². The topological polar surface area (TPSA) is 37.8 Å². The van der Waals surface area contributed by atoms with E-state index in [1.54, 1.807) is 12.3 Å². The number of hydrogen-bond donors (Lipinski definition) is 1. The minimum absolute atomic E-state index is 0.0210. The van der Waals surface area contributed by atoms with Gasteiger partial charge >= 0.3 is 0 Å². The van der Waals surface area contributed by atoms with Crippen LogP contribution in [0.15, 0.2) is 36.8 Å². The molecule has 0 saturated heterocycles. The number of likely N-dealkylation sites (N-methyl/N-ethyl adjacent to an activating group) is 1. The maximum atomic E-state index is 13.4. The quantitative estimate of drug-likeness (QED) is 0.924. The maximum absolute atomic E-state index is 13.4. The minimum Gasteiger partial charge on any atom is -0.311 e. The molecule has 0 aliphatic carbocycles. The van der Waals surface area contributed by atoms with E-state index in [-0.39, 0.29) is 11.1 Å². The number of nitrogens with one attached hydrogen (secondary N) is 1. The Kier molecular flexibility index (Phi) is 4.23. The lowest BCUT2D eigenvalue weighted by Gasteiger charge is -2.16. The van der Waals surface area contributed by atoms with Gasteiger partial charge in [-0.25, -0.2) is 14.4 Å². The van der Waals surface area contributed by atoms with Gasteiger partial charge in [0.1, 0.15) is 12.1 Å². The van der Waals surface area contributed by atoms with Gasteiger partial charge in [-0.3, -0.25) is 0 Å². The van der Waals surface area contributed by atoms with Crippen LogP contribution in [0.3, 0.4) is 0 Å². The molecule has 94 valence electrons. The van der Waals surface area contributed by atoms with Crippen molar-refractivity contribution in [3.63, 3.8) is 0 Å². The van der Waals surface area contributed by atoms with Crippen molar-refractivity contribution in [2.24, 2.45) is 0 Å². The van der Waals surface area contributed by atoms with Crippen molar-refractivity contribution < 1.29 is 4.39 Å². The van der Waals surface area contributed by atoms with Gasteiger partial charge in [0, 0.05) is 6.20 Å². The van der Waals surface area contributed by atoms with E-state index in [2.05, 4.69) is 15.3 Å². The molecule has 2 rings (SSSR count). The first-order valence-corrected chi connectivity index (χ1v) is 5.96. The van der Waals surface area contributed by atoms with E-state index in [1.165, 1.54) is 12.4 Å². The lowest BCUT2D eigenvalue weighted by atomic mass is 10.0. The summed E-state index contributed by atoms with van der Waals surface area (Å²) in [6.45, 7) is 0. The molecule has 3 nitrogen and oxygen atoms in total. The van der Waals surface area contributed by atoms with Crippen molar-refractivity contribution in [3.05, 3.63) is 58.9 Å². The van der Waals surface area contributed by atoms with Crippen LogP contribution in [-0.2, 0) is 6.42 Å². The fourth-order valence-corrected chi connectivity index (χ4v) is 1.99. The molecule has 0 saturated carbocycles. The number of rotatable bonds is 4. The Morgan fingerprint density at radius 3 is 2.89 bits per heavy atom. The second kappa shape index (κ2) is 5.89. The highest BCUT2D eigenvalue weighted by atomic mass is 35.5. The van der Waals surface area contributed by atoms with Crippen molar-refractivity contribution in [2.75, 3.05) is 7.05 Å². The van der Waals surface area contributed by atoms with Gasteiger partial charge in [-0.15, -0.1) is 0 Å². The standard InChI is InChI=1S/C13H13ClFN3/c1-16-12(11-5-6-17-8-18-11)7-9-3-2-4-10(15)13(9)14/h2-6,8,12,16H,7H2,1H3. The van der Waals surface area contributed by atoms with Crippen molar-refractivity contribution in [2.45, 2.75) is 12.5 Å². The van der Waals surface area contributed by atoms with E-state index in [1.807, 2.05) is 19.2 Å². The summed E-state index contributed by atoms with van der Waals surface area (Å²) in [5.74, 6) is -0.397. The van der Waals surface area contributed by atoms with Gasteiger partial charge in [0.25, 0.3) is 0 Å². The molecule has 1 atom stereocenters. The largest absolute Gasteiger partial charge is 0.311 e. The third-order valence-corrected chi connectivity index (χ3v) is 3.19. The van der Waals surface area contributed by atoms with E-state index in [4.69, 9.17) is 11.6 Å². The van der Waals surface area contributed by atoms with Gasteiger partial charge in [0.2, 0.25) is 0 Å². The lowest BCUT2D eigenvalue weighted by Crippen LogP contribution is -2.20. The van der Waals surface area contributed by atoms with Crippen LogP contribution in [0.25, 0.3) is 0 Å². The Labute approximate surface area is 110 Å². The van der Waals surface area contributed by atoms with E-state index < -0.39 is 5.82 Å². The third-order valence-electron chi connectivity index (χ3n) is 2.77. The monoisotopic (exact) mass is 265 g/mol. The second-order valence-electron chi connectivity index (χ2n) is 3.89. The molecule has 1 unspecified atom stereocenters. The van der Waals surface area contributed by atoms with Gasteiger partial charge in [-0.05, 0) is 31.2 Å². The molecular weight excluding hydrogens is 253 g/mol. The number of hydrogen-bond acceptors (Lipinski definition) is 3. The summed E-state index contributed by atoms with van der Waals surface area (Å²) < 4.78 is 13.4. The lowest BCUT2D eigenvalue weighted by molar-refractivity contribution is 0.569. The molecule has 1 aromatic heterocycles. The van der Waals surface area contributed by atoms with Crippen LogP contribution in [0.1, 0.15) is 17.3 Å². The summed E-state index contributed by atoms with van der Waals surface area (Å²) in [4.78, 5) is 8.06. The number of benzene rings is 1. The summed E-state index contributed by atoms with van der Waals surface area (Å²) in [6, 6.07) is 6.63. The zero-order valence-electron chi connectivity index (χ0n) is 9.90. The van der Waals surface area contributed by atoms with Gasteiger partial charge < -0.3 is 5.32 Å². The Morgan fingerprint density at radius 2 is 2.22 bits per heavy atom. The predicted molar refractivity (Wildman–Crippen MR) is 68.9 cm³/mol. The second-order valence-corrected chi connectivity index (χ2v) is 4.27. The highest BCUT2D eigenvalue weighted by Crippen LogP contribution is 2.24. The van der Waals surface area contributed by atoms with Crippen LogP contribution in [0.5, 0.6) is 0 Å². The molecule has 0 spiro atoms. The van der Waals surface area contributed by atoms with Gasteiger partial charge in [-0.2, -0.15) is 0 Å². The zero-order chi connectivity index (χ0) is 13.0. The van der Waals surface area contributed by atoms with Crippen LogP contribution < -0.4 is 5.32 Å². The molecular formula is C13H13ClFN3. The Morgan fingerprint density at radius 1 is 1.39 bits per heavy atom. The van der Waals surface area contributed by atoms with Crippen LogP contribution in [0.4, 0.5) is 4.39 Å². The Bertz CT molecular complexity index is 519. The number of halogens is 2. The van der Waals surface area contributed by atoms with Gasteiger partial charge in [0.05, 0.1) is 16.8 Å². The summed E-state index contributed by atoms with van der Waals surface area (Å²) in [7, 11) is 1.83. The first-order valence-electron chi connectivity index (χ1n) is 5.58. The van der Waals surface area contributed by atoms with Gasteiger partial charge in [0.15, 0.2) is 0 Å².